The zero-order valence-corrected chi connectivity index (χ0v) is 14.4. The van der Waals surface area contributed by atoms with E-state index in [-0.39, 0.29) is 17.5 Å². The second kappa shape index (κ2) is 6.98. The van der Waals surface area contributed by atoms with Crippen LogP contribution in [0.2, 0.25) is 0 Å². The van der Waals surface area contributed by atoms with E-state index in [0.717, 1.165) is 11.3 Å². The van der Waals surface area contributed by atoms with Crippen LogP contribution in [-0.4, -0.2) is 10.9 Å². The highest BCUT2D eigenvalue weighted by molar-refractivity contribution is 7.17. The number of halogens is 2. The Hall–Kier alpha value is -2.80. The summed E-state index contributed by atoms with van der Waals surface area (Å²) in [6, 6.07) is 10.5. The molecule has 0 saturated heterocycles. The van der Waals surface area contributed by atoms with Crippen molar-refractivity contribution in [3.8, 4) is 0 Å². The molecule has 2 N–H and O–H groups in total. The summed E-state index contributed by atoms with van der Waals surface area (Å²) in [7, 11) is 0. The first-order chi connectivity index (χ1) is 11.9. The van der Waals surface area contributed by atoms with Gasteiger partial charge in [-0.25, -0.2) is 13.8 Å². The summed E-state index contributed by atoms with van der Waals surface area (Å²) >= 11 is 1.14. The van der Waals surface area contributed by atoms with Crippen molar-refractivity contribution in [1.29, 1.82) is 0 Å². The Kier molecular flexibility index (Phi) is 4.76. The van der Waals surface area contributed by atoms with E-state index in [1.807, 2.05) is 0 Å². The van der Waals surface area contributed by atoms with Gasteiger partial charge in [-0.15, -0.1) is 0 Å². The lowest BCUT2D eigenvalue weighted by atomic mass is 10.2. The van der Waals surface area contributed by atoms with Crippen molar-refractivity contribution in [2.45, 2.75) is 13.8 Å². The minimum absolute atomic E-state index is 0.363. The summed E-state index contributed by atoms with van der Waals surface area (Å²) in [5, 5.41) is 6.10. The van der Waals surface area contributed by atoms with E-state index in [2.05, 4.69) is 15.6 Å². The first-order valence-electron chi connectivity index (χ1n) is 7.50. The summed E-state index contributed by atoms with van der Waals surface area (Å²) in [6.07, 6.45) is 0. The van der Waals surface area contributed by atoms with Crippen LogP contribution in [-0.2, 0) is 0 Å². The Morgan fingerprint density at radius 2 is 1.88 bits per heavy atom. The SMILES string of the molecule is Cc1ccc(NC(=O)c2sc(Nc3cccc(F)c3)nc2C)cc1F. The summed E-state index contributed by atoms with van der Waals surface area (Å²) in [5.74, 6) is -1.12. The van der Waals surface area contributed by atoms with E-state index in [0.29, 0.717) is 32.6 Å². The smallest absolute Gasteiger partial charge is 0.267 e. The summed E-state index contributed by atoms with van der Waals surface area (Å²) in [6.45, 7) is 3.36. The maximum atomic E-state index is 13.6. The van der Waals surface area contributed by atoms with Crippen LogP contribution in [0.5, 0.6) is 0 Å². The summed E-state index contributed by atoms with van der Waals surface area (Å²) in [5.41, 5.74) is 1.96. The molecule has 0 aliphatic rings. The van der Waals surface area contributed by atoms with Crippen molar-refractivity contribution in [3.05, 3.63) is 70.2 Å². The number of rotatable bonds is 4. The van der Waals surface area contributed by atoms with E-state index in [1.54, 1.807) is 38.1 Å². The highest BCUT2D eigenvalue weighted by Crippen LogP contribution is 2.27. The number of thiazole rings is 1. The zero-order valence-electron chi connectivity index (χ0n) is 13.6. The van der Waals surface area contributed by atoms with Gasteiger partial charge in [-0.05, 0) is 49.7 Å². The largest absolute Gasteiger partial charge is 0.331 e. The molecule has 128 valence electrons. The van der Waals surface area contributed by atoms with Gasteiger partial charge in [0.1, 0.15) is 16.5 Å². The van der Waals surface area contributed by atoms with Gasteiger partial charge >= 0.3 is 0 Å². The monoisotopic (exact) mass is 359 g/mol. The number of carbonyl (C=O) groups excluding carboxylic acids is 1. The topological polar surface area (TPSA) is 54.0 Å². The molecule has 0 unspecified atom stereocenters. The standard InChI is InChI=1S/C18H15F2N3OS/c1-10-6-7-14(9-15(10)20)22-17(24)16-11(2)21-18(25-16)23-13-5-3-4-12(19)8-13/h3-9H,1-2H3,(H,21,23)(H,22,24). The Morgan fingerprint density at radius 1 is 1.08 bits per heavy atom. The molecular weight excluding hydrogens is 344 g/mol. The number of aromatic nitrogens is 1. The molecule has 1 heterocycles. The number of carbonyl (C=O) groups is 1. The van der Waals surface area contributed by atoms with Crippen molar-refractivity contribution in [2.24, 2.45) is 0 Å². The number of hydrogen-bond acceptors (Lipinski definition) is 4. The number of aryl methyl sites for hydroxylation is 2. The molecule has 4 nitrogen and oxygen atoms in total. The van der Waals surface area contributed by atoms with E-state index in [4.69, 9.17) is 0 Å². The molecule has 3 aromatic rings. The van der Waals surface area contributed by atoms with Gasteiger partial charge in [0.15, 0.2) is 5.13 Å². The second-order valence-corrected chi connectivity index (χ2v) is 6.49. The molecular formula is C18H15F2N3OS. The Labute approximate surface area is 147 Å². The van der Waals surface area contributed by atoms with E-state index in [9.17, 15) is 13.6 Å². The molecule has 0 fully saturated rings. The van der Waals surface area contributed by atoms with Crippen LogP contribution < -0.4 is 10.6 Å². The minimum atomic E-state index is -0.382. The lowest BCUT2D eigenvalue weighted by Crippen LogP contribution is -2.11. The molecule has 1 aromatic heterocycles. The van der Waals surface area contributed by atoms with Crippen LogP contribution in [0, 0.1) is 25.5 Å². The van der Waals surface area contributed by atoms with Crippen molar-refractivity contribution < 1.29 is 13.6 Å². The van der Waals surface area contributed by atoms with Gasteiger partial charge in [0.05, 0.1) is 5.69 Å². The Balaban J connectivity index is 1.77. The third kappa shape index (κ3) is 4.00. The molecule has 2 aromatic carbocycles. The van der Waals surface area contributed by atoms with Crippen LogP contribution >= 0.6 is 11.3 Å². The fourth-order valence-corrected chi connectivity index (χ4v) is 3.09. The number of amides is 1. The Bertz CT molecular complexity index is 940. The molecule has 0 atom stereocenters. The van der Waals surface area contributed by atoms with Gasteiger partial charge < -0.3 is 10.6 Å². The molecule has 7 heteroatoms. The third-order valence-electron chi connectivity index (χ3n) is 3.51. The number of anilines is 3. The molecule has 0 bridgehead atoms. The molecule has 0 spiro atoms. The van der Waals surface area contributed by atoms with Gasteiger partial charge in [0.25, 0.3) is 5.91 Å². The van der Waals surface area contributed by atoms with Crippen molar-refractivity contribution in [2.75, 3.05) is 10.6 Å². The first-order valence-corrected chi connectivity index (χ1v) is 8.31. The van der Waals surface area contributed by atoms with Crippen molar-refractivity contribution in [1.82, 2.24) is 4.98 Å². The third-order valence-corrected chi connectivity index (χ3v) is 4.58. The molecule has 1 amide bonds. The Morgan fingerprint density at radius 3 is 2.60 bits per heavy atom. The molecule has 3 rings (SSSR count). The van der Waals surface area contributed by atoms with Crippen LogP contribution in [0.3, 0.4) is 0 Å². The van der Waals surface area contributed by atoms with E-state index in [1.165, 1.54) is 18.2 Å². The van der Waals surface area contributed by atoms with Crippen molar-refractivity contribution >= 4 is 33.8 Å². The van der Waals surface area contributed by atoms with Gasteiger partial charge in [0, 0.05) is 11.4 Å². The van der Waals surface area contributed by atoms with Gasteiger partial charge in [0.2, 0.25) is 0 Å². The highest BCUT2D eigenvalue weighted by Gasteiger charge is 2.16. The average Bonchev–Trinajstić information content (AvgIpc) is 2.91. The fourth-order valence-electron chi connectivity index (χ4n) is 2.21. The predicted molar refractivity (Wildman–Crippen MR) is 95.6 cm³/mol. The quantitative estimate of drug-likeness (QED) is 0.687. The number of hydrogen-bond donors (Lipinski definition) is 2. The first kappa shape index (κ1) is 17.0. The van der Waals surface area contributed by atoms with Crippen LogP contribution in [0.25, 0.3) is 0 Å². The van der Waals surface area contributed by atoms with Crippen molar-refractivity contribution in [3.63, 3.8) is 0 Å². The van der Waals surface area contributed by atoms with Gasteiger partial charge in [-0.3, -0.25) is 4.79 Å². The molecule has 25 heavy (non-hydrogen) atoms. The second-order valence-electron chi connectivity index (χ2n) is 5.49. The zero-order chi connectivity index (χ0) is 18.0. The maximum absolute atomic E-state index is 13.6. The normalized spacial score (nSPS) is 10.6. The van der Waals surface area contributed by atoms with E-state index < -0.39 is 0 Å². The van der Waals surface area contributed by atoms with Crippen LogP contribution in [0.4, 0.5) is 25.3 Å². The minimum Gasteiger partial charge on any atom is -0.331 e. The number of nitrogens with zero attached hydrogens (tertiary/aromatic N) is 1. The van der Waals surface area contributed by atoms with E-state index >= 15 is 0 Å². The maximum Gasteiger partial charge on any atom is 0.267 e. The number of benzene rings is 2. The lowest BCUT2D eigenvalue weighted by molar-refractivity contribution is 0.103. The summed E-state index contributed by atoms with van der Waals surface area (Å²) in [4.78, 5) is 17.1. The van der Waals surface area contributed by atoms with Gasteiger partial charge in [-0.2, -0.15) is 0 Å². The summed E-state index contributed by atoms with van der Waals surface area (Å²) < 4.78 is 26.8. The molecule has 0 aliphatic heterocycles. The molecule has 0 radical (unpaired) electrons. The predicted octanol–water partition coefficient (Wildman–Crippen LogP) is 5.03. The van der Waals surface area contributed by atoms with Crippen LogP contribution in [0.1, 0.15) is 20.9 Å². The fraction of sp³-hybridized carbons (Fsp3) is 0.111. The van der Waals surface area contributed by atoms with Gasteiger partial charge in [-0.1, -0.05) is 23.5 Å². The average molecular weight is 359 g/mol. The molecule has 0 saturated carbocycles. The molecule has 0 aliphatic carbocycles. The number of nitrogens with one attached hydrogen (secondary N) is 2. The van der Waals surface area contributed by atoms with Crippen LogP contribution in [0.15, 0.2) is 42.5 Å². The lowest BCUT2D eigenvalue weighted by Gasteiger charge is -2.05. The highest BCUT2D eigenvalue weighted by atomic mass is 32.1.